The molecule has 1 aliphatic rings. The van der Waals surface area contributed by atoms with Gasteiger partial charge >= 0.3 is 23.9 Å². The lowest BCUT2D eigenvalue weighted by molar-refractivity contribution is -0.174. The Bertz CT molecular complexity index is 427. The molecule has 1 aliphatic carbocycles. The van der Waals surface area contributed by atoms with E-state index in [1.165, 1.54) is 0 Å². The number of carboxylic acid groups (broad SMARTS) is 4. The Balaban J connectivity index is 2.95. The van der Waals surface area contributed by atoms with Crippen molar-refractivity contribution in [2.75, 3.05) is 0 Å². The van der Waals surface area contributed by atoms with Gasteiger partial charge in [-0.05, 0) is 51.4 Å². The zero-order valence-corrected chi connectivity index (χ0v) is 12.4. The molecule has 1 rings (SSSR count). The third-order valence-electron chi connectivity index (χ3n) is 5.14. The highest BCUT2D eigenvalue weighted by Gasteiger charge is 2.54. The van der Waals surface area contributed by atoms with Gasteiger partial charge in [-0.3, -0.25) is 19.2 Å². The summed E-state index contributed by atoms with van der Waals surface area (Å²) in [5, 5.41) is 36.8. The molecule has 4 N–H and O–H groups in total. The summed E-state index contributed by atoms with van der Waals surface area (Å²) >= 11 is 0. The maximum absolute atomic E-state index is 11.3. The highest BCUT2D eigenvalue weighted by atomic mass is 16.4. The van der Waals surface area contributed by atoms with Crippen LogP contribution >= 0.6 is 0 Å². The summed E-state index contributed by atoms with van der Waals surface area (Å²) in [7, 11) is 0. The lowest BCUT2D eigenvalue weighted by atomic mass is 9.62. The van der Waals surface area contributed by atoms with Crippen molar-refractivity contribution in [2.24, 2.45) is 22.7 Å². The van der Waals surface area contributed by atoms with Crippen molar-refractivity contribution in [1.29, 1.82) is 0 Å². The van der Waals surface area contributed by atoms with E-state index in [1.807, 2.05) is 0 Å². The van der Waals surface area contributed by atoms with E-state index in [1.54, 1.807) is 0 Å². The smallest absolute Gasteiger partial charge is 0.321 e. The zero-order valence-electron chi connectivity index (χ0n) is 12.4. The lowest BCUT2D eigenvalue weighted by Crippen LogP contribution is -2.48. The first-order valence-electron chi connectivity index (χ1n) is 6.92. The monoisotopic (exact) mass is 316 g/mol. The Morgan fingerprint density at radius 3 is 0.955 bits per heavy atom. The molecule has 124 valence electrons. The first-order valence-corrected chi connectivity index (χ1v) is 6.92. The van der Waals surface area contributed by atoms with Crippen molar-refractivity contribution in [3.05, 3.63) is 0 Å². The molecule has 0 aliphatic heterocycles. The van der Waals surface area contributed by atoms with Crippen LogP contribution in [-0.4, -0.2) is 44.3 Å². The van der Waals surface area contributed by atoms with Crippen LogP contribution in [0.2, 0.25) is 0 Å². The van der Waals surface area contributed by atoms with E-state index in [2.05, 4.69) is 0 Å². The van der Waals surface area contributed by atoms with E-state index >= 15 is 0 Å². The molecule has 0 bridgehead atoms. The Morgan fingerprint density at radius 1 is 0.636 bits per heavy atom. The molecule has 0 aromatic heterocycles. The maximum atomic E-state index is 11.3. The molecule has 0 heterocycles. The average Bonchev–Trinajstić information content (AvgIpc) is 2.44. The van der Waals surface area contributed by atoms with Gasteiger partial charge in [-0.25, -0.2) is 0 Å². The van der Waals surface area contributed by atoms with Gasteiger partial charge < -0.3 is 20.4 Å². The van der Waals surface area contributed by atoms with Crippen LogP contribution in [0.4, 0.5) is 0 Å². The third kappa shape index (κ3) is 2.65. The molecule has 1 fully saturated rings. The fraction of sp³-hybridized carbons (Fsp3) is 0.714. The topological polar surface area (TPSA) is 149 Å². The summed E-state index contributed by atoms with van der Waals surface area (Å²) < 4.78 is 0. The van der Waals surface area contributed by atoms with Crippen molar-refractivity contribution >= 4 is 23.9 Å². The molecule has 8 nitrogen and oxygen atoms in total. The van der Waals surface area contributed by atoms with Crippen LogP contribution in [0.5, 0.6) is 0 Å². The molecule has 0 saturated heterocycles. The minimum atomic E-state index is -1.95. The van der Waals surface area contributed by atoms with Crippen molar-refractivity contribution in [3.63, 3.8) is 0 Å². The van der Waals surface area contributed by atoms with Crippen molar-refractivity contribution in [3.8, 4) is 0 Å². The zero-order chi connectivity index (χ0) is 17.3. The molecule has 0 unspecified atom stereocenters. The molecule has 0 aromatic rings. The van der Waals surface area contributed by atoms with Gasteiger partial charge in [-0.15, -0.1) is 0 Å². The van der Waals surface area contributed by atoms with Gasteiger partial charge in [0.2, 0.25) is 0 Å². The van der Waals surface area contributed by atoms with E-state index in [0.717, 1.165) is 13.8 Å². The molecule has 0 amide bonds. The lowest BCUT2D eigenvalue weighted by Gasteiger charge is -2.39. The number of aliphatic carboxylic acids is 4. The standard InChI is InChI=1S/C14H20O8/c1-13(9(15)16,10(17)18)7-3-5-8(6-4-7)14(2,11(19)20)12(21)22/h7-8H,3-6H2,1-2H3,(H,15,16)(H,17,18)(H,19,20)(H,21,22). The molecule has 8 heteroatoms. The van der Waals surface area contributed by atoms with Gasteiger partial charge in [0.15, 0.2) is 10.8 Å². The van der Waals surface area contributed by atoms with Gasteiger partial charge in [0, 0.05) is 0 Å². The van der Waals surface area contributed by atoms with Crippen molar-refractivity contribution < 1.29 is 39.6 Å². The fourth-order valence-corrected chi connectivity index (χ4v) is 3.13. The largest absolute Gasteiger partial charge is 0.480 e. The van der Waals surface area contributed by atoms with Gasteiger partial charge in [0.25, 0.3) is 0 Å². The highest BCUT2D eigenvalue weighted by Crippen LogP contribution is 2.46. The predicted octanol–water partition coefficient (Wildman–Crippen LogP) is 1.14. The number of rotatable bonds is 6. The van der Waals surface area contributed by atoms with E-state index in [4.69, 9.17) is 0 Å². The molecule has 22 heavy (non-hydrogen) atoms. The van der Waals surface area contributed by atoms with Gasteiger partial charge in [-0.2, -0.15) is 0 Å². The summed E-state index contributed by atoms with van der Waals surface area (Å²) in [5.74, 6) is -7.09. The Hall–Kier alpha value is -2.12. The van der Waals surface area contributed by atoms with Gasteiger partial charge in [0.05, 0.1) is 0 Å². The van der Waals surface area contributed by atoms with Crippen molar-refractivity contribution in [2.45, 2.75) is 39.5 Å². The Labute approximate surface area is 126 Å². The first kappa shape index (κ1) is 17.9. The molecule has 0 atom stereocenters. The van der Waals surface area contributed by atoms with Crippen LogP contribution in [0.15, 0.2) is 0 Å². The van der Waals surface area contributed by atoms with Crippen molar-refractivity contribution in [1.82, 2.24) is 0 Å². The number of carboxylic acids is 4. The summed E-state index contributed by atoms with van der Waals surface area (Å²) in [6, 6.07) is 0. The summed E-state index contributed by atoms with van der Waals surface area (Å²) in [6.45, 7) is 2.27. The number of hydrogen-bond donors (Lipinski definition) is 4. The quantitative estimate of drug-likeness (QED) is 0.533. The highest BCUT2D eigenvalue weighted by molar-refractivity contribution is 5.99. The van der Waals surface area contributed by atoms with E-state index < -0.39 is 46.5 Å². The molecule has 0 radical (unpaired) electrons. The van der Waals surface area contributed by atoms with E-state index in [9.17, 15) is 39.6 Å². The van der Waals surface area contributed by atoms with E-state index in [-0.39, 0.29) is 25.7 Å². The summed E-state index contributed by atoms with van der Waals surface area (Å²) in [5.41, 5.74) is -3.90. The first-order chi connectivity index (χ1) is 9.98. The van der Waals surface area contributed by atoms with Gasteiger partial charge in [-0.1, -0.05) is 0 Å². The summed E-state index contributed by atoms with van der Waals surface area (Å²) in [4.78, 5) is 45.2. The second-order valence-electron chi connectivity index (χ2n) is 6.17. The molecule has 0 spiro atoms. The molecular weight excluding hydrogens is 296 g/mol. The summed E-state index contributed by atoms with van der Waals surface area (Å²) in [6.07, 6.45) is 0.650. The second-order valence-corrected chi connectivity index (χ2v) is 6.17. The van der Waals surface area contributed by atoms with Crippen LogP contribution in [0, 0.1) is 22.7 Å². The number of hydrogen-bond acceptors (Lipinski definition) is 4. The van der Waals surface area contributed by atoms with Crippen LogP contribution in [0.25, 0.3) is 0 Å². The maximum Gasteiger partial charge on any atom is 0.321 e. The van der Waals surface area contributed by atoms with Crippen LogP contribution in [-0.2, 0) is 19.2 Å². The minimum Gasteiger partial charge on any atom is -0.480 e. The SMILES string of the molecule is CC(C(=O)O)(C(=O)O)C1CCC(C(C)(C(=O)O)C(=O)O)CC1. The normalized spacial score (nSPS) is 22.8. The van der Waals surface area contributed by atoms with Gasteiger partial charge in [0.1, 0.15) is 0 Å². The molecule has 1 saturated carbocycles. The average molecular weight is 316 g/mol. The fourth-order valence-electron chi connectivity index (χ4n) is 3.13. The Morgan fingerprint density at radius 2 is 0.818 bits per heavy atom. The number of carbonyl (C=O) groups is 4. The van der Waals surface area contributed by atoms with E-state index in [0.29, 0.717) is 0 Å². The molecule has 0 aromatic carbocycles. The van der Waals surface area contributed by atoms with Crippen LogP contribution < -0.4 is 0 Å². The predicted molar refractivity (Wildman–Crippen MR) is 72.2 cm³/mol. The minimum absolute atomic E-state index is 0.163. The second kappa shape index (κ2) is 5.94. The van der Waals surface area contributed by atoms with Crippen LogP contribution in [0.3, 0.4) is 0 Å². The Kier molecular flexibility index (Phi) is 4.84. The third-order valence-corrected chi connectivity index (χ3v) is 5.14. The molecular formula is C14H20O8. The van der Waals surface area contributed by atoms with Crippen LogP contribution in [0.1, 0.15) is 39.5 Å².